The third-order valence-corrected chi connectivity index (χ3v) is 8.41. The zero-order valence-corrected chi connectivity index (χ0v) is 22.9. The van der Waals surface area contributed by atoms with Gasteiger partial charge in [-0.2, -0.15) is 5.10 Å². The van der Waals surface area contributed by atoms with Gasteiger partial charge in [-0.1, -0.05) is 48.4 Å². The van der Waals surface area contributed by atoms with Crippen molar-refractivity contribution >= 4 is 56.6 Å². The second-order valence-corrected chi connectivity index (χ2v) is 11.6. The van der Waals surface area contributed by atoms with Crippen molar-refractivity contribution in [2.24, 2.45) is 5.73 Å². The first-order valence-electron chi connectivity index (χ1n) is 12.0. The summed E-state index contributed by atoms with van der Waals surface area (Å²) in [6.07, 6.45) is 3.27. The van der Waals surface area contributed by atoms with Crippen molar-refractivity contribution in [3.63, 3.8) is 0 Å². The number of carbonyl (C=O) groups is 1. The molecule has 1 unspecified atom stereocenters. The van der Waals surface area contributed by atoms with E-state index in [-0.39, 0.29) is 5.91 Å². The first kappa shape index (κ1) is 27.1. The van der Waals surface area contributed by atoms with E-state index in [2.05, 4.69) is 16.1 Å². The number of methoxy groups -OCH3 is 1. The predicted molar refractivity (Wildman–Crippen MR) is 151 cm³/mol. The topological polar surface area (TPSA) is 111 Å². The normalized spacial score (nSPS) is 12.0. The van der Waals surface area contributed by atoms with Crippen LogP contribution in [-0.2, 0) is 28.9 Å². The second kappa shape index (κ2) is 13.0. The average molecular weight is 560 g/mol. The van der Waals surface area contributed by atoms with E-state index in [1.54, 1.807) is 19.2 Å². The Morgan fingerprint density at radius 3 is 2.70 bits per heavy atom. The van der Waals surface area contributed by atoms with E-state index < -0.39 is 11.0 Å². The number of unbranched alkanes of at least 4 members (excludes halogenated alkanes) is 2. The van der Waals surface area contributed by atoms with Crippen LogP contribution in [-0.4, -0.2) is 33.6 Å². The van der Waals surface area contributed by atoms with Gasteiger partial charge in [-0.15, -0.1) is 11.3 Å². The lowest BCUT2D eigenvalue weighted by Gasteiger charge is -2.09. The maximum Gasteiger partial charge on any atom is 0.220 e. The molecule has 2 aromatic heterocycles. The van der Waals surface area contributed by atoms with Gasteiger partial charge in [0.25, 0.3) is 0 Å². The number of amides is 1. The van der Waals surface area contributed by atoms with Gasteiger partial charge in [-0.25, -0.2) is 4.21 Å². The molecule has 4 N–H and O–H groups in total. The minimum Gasteiger partial charge on any atom is -0.496 e. The van der Waals surface area contributed by atoms with E-state index in [1.165, 1.54) is 11.3 Å². The Balaban J connectivity index is 1.51. The molecular weight excluding hydrogens is 530 g/mol. The number of rotatable bonds is 13. The van der Waals surface area contributed by atoms with Gasteiger partial charge >= 0.3 is 0 Å². The molecule has 0 spiro atoms. The minimum atomic E-state index is -1.52. The van der Waals surface area contributed by atoms with E-state index in [0.717, 1.165) is 41.3 Å². The number of fused-ring (bicyclic) bond motifs is 1. The summed E-state index contributed by atoms with van der Waals surface area (Å²) < 4.78 is 24.6. The van der Waals surface area contributed by atoms with Gasteiger partial charge < -0.3 is 15.8 Å². The molecule has 0 saturated carbocycles. The molecule has 0 aliphatic rings. The summed E-state index contributed by atoms with van der Waals surface area (Å²) in [5, 5.41) is 8.49. The number of nitrogens with zero attached hydrogens (tertiary/aromatic N) is 2. The van der Waals surface area contributed by atoms with Crippen LogP contribution in [0, 0.1) is 0 Å². The van der Waals surface area contributed by atoms with Crippen molar-refractivity contribution in [1.29, 1.82) is 0 Å². The molecule has 0 bridgehead atoms. The van der Waals surface area contributed by atoms with Crippen molar-refractivity contribution < 1.29 is 13.7 Å². The summed E-state index contributed by atoms with van der Waals surface area (Å²) in [7, 11) is 0.0774. The number of nitrogens with one attached hydrogen (secondary N) is 2. The Morgan fingerprint density at radius 2 is 1.95 bits per heavy atom. The fourth-order valence-corrected chi connectivity index (χ4v) is 6.22. The van der Waals surface area contributed by atoms with E-state index in [4.69, 9.17) is 27.2 Å². The Bertz CT molecular complexity index is 1390. The predicted octanol–water partition coefficient (Wildman–Crippen LogP) is 5.08. The molecule has 4 aromatic rings. The highest BCUT2D eigenvalue weighted by Gasteiger charge is 2.18. The molecule has 196 valence electrons. The highest BCUT2D eigenvalue weighted by Crippen LogP contribution is 2.34. The summed E-state index contributed by atoms with van der Waals surface area (Å²) in [4.78, 5) is 12.2. The van der Waals surface area contributed by atoms with Gasteiger partial charge in [0.05, 0.1) is 28.9 Å². The minimum absolute atomic E-state index is 0.0448. The summed E-state index contributed by atoms with van der Waals surface area (Å²) in [5.41, 5.74) is 8.39. The lowest BCUT2D eigenvalue weighted by Crippen LogP contribution is -2.22. The van der Waals surface area contributed by atoms with Crippen LogP contribution < -0.4 is 20.5 Å². The van der Waals surface area contributed by atoms with E-state index in [0.29, 0.717) is 46.2 Å². The first-order chi connectivity index (χ1) is 18.0. The summed E-state index contributed by atoms with van der Waals surface area (Å²) in [6, 6.07) is 17.2. The lowest BCUT2D eigenvalue weighted by molar-refractivity contribution is -0.121. The number of aromatic nitrogens is 2. The Morgan fingerprint density at radius 1 is 1.14 bits per heavy atom. The fraction of sp³-hybridized carbons (Fsp3) is 0.308. The maximum atomic E-state index is 12.9. The van der Waals surface area contributed by atoms with Crippen LogP contribution in [0.2, 0.25) is 4.34 Å². The number of hydrogen-bond donors (Lipinski definition) is 3. The number of hydrogen-bond acceptors (Lipinski definition) is 6. The number of ether oxygens (including phenoxy) is 1. The van der Waals surface area contributed by atoms with Gasteiger partial charge in [0.2, 0.25) is 5.91 Å². The lowest BCUT2D eigenvalue weighted by atomic mass is 10.1. The van der Waals surface area contributed by atoms with Crippen LogP contribution in [0.4, 0.5) is 5.82 Å². The number of carbonyl (C=O) groups excluding carboxylic acids is 1. The largest absolute Gasteiger partial charge is 0.496 e. The zero-order valence-electron chi connectivity index (χ0n) is 20.5. The standard InChI is InChI=1S/C26H30ClN5O3S2/c1-35-21-10-6-9-20-25(21)26(31-37(34)24-13-12-22(27)36-24)30-32(20)17-19-8-5-7-18(15-19)16-29-23(33)11-3-2-4-14-28/h5-10,12-13,15H,2-4,11,14,16-17,28H2,1H3,(H,29,33)(H,30,31). The SMILES string of the molecule is COc1cccc2c1c(NS(=O)c1ccc(Cl)s1)nn2Cc1cccc(CNC(=O)CCCCCN)c1. The van der Waals surface area contributed by atoms with Crippen LogP contribution in [0.3, 0.4) is 0 Å². The van der Waals surface area contributed by atoms with Crippen LogP contribution >= 0.6 is 22.9 Å². The van der Waals surface area contributed by atoms with E-state index >= 15 is 0 Å². The third-order valence-electron chi connectivity index (χ3n) is 5.80. The molecule has 8 nitrogen and oxygen atoms in total. The quantitative estimate of drug-likeness (QED) is 0.198. The maximum absolute atomic E-state index is 12.9. The number of thiophene rings is 1. The monoisotopic (exact) mass is 559 g/mol. The van der Waals surface area contributed by atoms with Crippen molar-refractivity contribution in [1.82, 2.24) is 15.1 Å². The molecular formula is C26H30ClN5O3S2. The van der Waals surface area contributed by atoms with Gasteiger partial charge in [0.15, 0.2) is 16.8 Å². The fourth-order valence-electron chi connectivity index (χ4n) is 4.00. The van der Waals surface area contributed by atoms with E-state index in [1.807, 2.05) is 41.1 Å². The number of nitrogens with two attached hydrogens (primary N) is 1. The van der Waals surface area contributed by atoms with Crippen LogP contribution in [0.15, 0.2) is 58.8 Å². The molecule has 11 heteroatoms. The summed E-state index contributed by atoms with van der Waals surface area (Å²) in [6.45, 7) is 1.61. The molecule has 0 saturated heterocycles. The molecule has 37 heavy (non-hydrogen) atoms. The smallest absolute Gasteiger partial charge is 0.220 e. The highest BCUT2D eigenvalue weighted by atomic mass is 35.5. The van der Waals surface area contributed by atoms with Gasteiger partial charge in [-0.05, 0) is 54.8 Å². The van der Waals surface area contributed by atoms with Gasteiger partial charge in [0.1, 0.15) is 9.96 Å². The van der Waals surface area contributed by atoms with Crippen LogP contribution in [0.1, 0.15) is 36.8 Å². The Kier molecular flexibility index (Phi) is 9.56. The van der Waals surface area contributed by atoms with Gasteiger partial charge in [-0.3, -0.25) is 14.2 Å². The Labute approximate surface area is 227 Å². The third kappa shape index (κ3) is 7.10. The van der Waals surface area contributed by atoms with E-state index in [9.17, 15) is 9.00 Å². The summed E-state index contributed by atoms with van der Waals surface area (Å²) in [5.74, 6) is 1.15. The molecule has 1 amide bonds. The van der Waals surface area contributed by atoms with Crippen molar-refractivity contribution in [3.8, 4) is 5.75 Å². The van der Waals surface area contributed by atoms with Crippen LogP contribution in [0.25, 0.3) is 10.9 Å². The molecule has 4 rings (SSSR count). The molecule has 0 aliphatic carbocycles. The number of anilines is 1. The molecule has 0 radical (unpaired) electrons. The molecule has 0 fully saturated rings. The summed E-state index contributed by atoms with van der Waals surface area (Å²) >= 11 is 7.28. The average Bonchev–Trinajstić information content (AvgIpc) is 3.49. The zero-order chi connectivity index (χ0) is 26.2. The number of benzene rings is 2. The molecule has 0 aliphatic heterocycles. The number of halogens is 1. The van der Waals surface area contributed by atoms with Crippen molar-refractivity contribution in [2.75, 3.05) is 18.4 Å². The molecule has 2 heterocycles. The van der Waals surface area contributed by atoms with Crippen molar-refractivity contribution in [2.45, 2.75) is 43.0 Å². The van der Waals surface area contributed by atoms with Gasteiger partial charge in [0, 0.05) is 13.0 Å². The van der Waals surface area contributed by atoms with Crippen molar-refractivity contribution in [3.05, 3.63) is 70.1 Å². The molecule has 2 aromatic carbocycles. The molecule has 1 atom stereocenters. The van der Waals surface area contributed by atoms with Crippen LogP contribution in [0.5, 0.6) is 5.75 Å². The first-order valence-corrected chi connectivity index (χ1v) is 14.3. The second-order valence-electron chi connectivity index (χ2n) is 8.49. The Hall–Kier alpha value is -2.92. The highest BCUT2D eigenvalue weighted by molar-refractivity contribution is 7.88.